The number of amides is 1. The summed E-state index contributed by atoms with van der Waals surface area (Å²) in [4.78, 5) is 28.6. The summed E-state index contributed by atoms with van der Waals surface area (Å²) in [5, 5.41) is 0. The Morgan fingerprint density at radius 1 is 1.44 bits per heavy atom. The third kappa shape index (κ3) is 1.54. The number of nitrogens with zero attached hydrogens (tertiary/aromatic N) is 1. The van der Waals surface area contributed by atoms with E-state index in [2.05, 4.69) is 4.98 Å². The van der Waals surface area contributed by atoms with Gasteiger partial charge in [-0.3, -0.25) is 9.59 Å². The highest BCUT2D eigenvalue weighted by atomic mass is 16.2. The van der Waals surface area contributed by atoms with Gasteiger partial charge in [0.15, 0.2) is 5.78 Å². The fourth-order valence-electron chi connectivity index (χ4n) is 2.40. The van der Waals surface area contributed by atoms with Crippen molar-refractivity contribution in [2.45, 2.75) is 19.8 Å². The van der Waals surface area contributed by atoms with E-state index in [4.69, 9.17) is 0 Å². The van der Waals surface area contributed by atoms with Gasteiger partial charge in [-0.2, -0.15) is 0 Å². The largest absolute Gasteiger partial charge is 0.364 e. The van der Waals surface area contributed by atoms with Crippen molar-refractivity contribution in [3.8, 4) is 0 Å². The Hall–Kier alpha value is -1.58. The van der Waals surface area contributed by atoms with Crippen molar-refractivity contribution in [2.75, 3.05) is 14.1 Å². The number of ketones is 1. The standard InChI is InChI=1S/C12H16N2O2/c1-12(11(16)14(2)3)6-9-8(4-5-13-9)10(15)7-12/h4-5,13H,6-7H2,1-3H3. The molecule has 1 heterocycles. The topological polar surface area (TPSA) is 53.2 Å². The number of hydrogen-bond acceptors (Lipinski definition) is 2. The molecule has 86 valence electrons. The zero-order valence-electron chi connectivity index (χ0n) is 9.83. The van der Waals surface area contributed by atoms with Crippen LogP contribution in [0.2, 0.25) is 0 Å². The zero-order valence-corrected chi connectivity index (χ0v) is 9.83. The van der Waals surface area contributed by atoms with Gasteiger partial charge in [-0.05, 0) is 13.0 Å². The highest BCUT2D eigenvalue weighted by Crippen LogP contribution is 2.35. The first-order valence-corrected chi connectivity index (χ1v) is 5.35. The molecule has 0 saturated carbocycles. The molecule has 4 heteroatoms. The minimum Gasteiger partial charge on any atom is -0.364 e. The molecule has 1 atom stereocenters. The Morgan fingerprint density at radius 2 is 2.12 bits per heavy atom. The van der Waals surface area contributed by atoms with Crippen molar-refractivity contribution in [1.29, 1.82) is 0 Å². The van der Waals surface area contributed by atoms with E-state index in [0.717, 1.165) is 11.3 Å². The number of H-pyrrole nitrogens is 1. The van der Waals surface area contributed by atoms with Gasteiger partial charge in [0.1, 0.15) is 0 Å². The van der Waals surface area contributed by atoms with Crippen molar-refractivity contribution in [3.05, 3.63) is 23.5 Å². The number of rotatable bonds is 1. The number of aromatic nitrogens is 1. The SMILES string of the molecule is CN(C)C(=O)C1(C)CC(=O)c2cc[nH]c2C1. The molecule has 0 aliphatic heterocycles. The molecule has 1 amide bonds. The highest BCUT2D eigenvalue weighted by Gasteiger charge is 2.41. The van der Waals surface area contributed by atoms with E-state index < -0.39 is 5.41 Å². The van der Waals surface area contributed by atoms with E-state index in [1.54, 1.807) is 31.3 Å². The average molecular weight is 220 g/mol. The number of carbonyl (C=O) groups is 2. The maximum atomic E-state index is 12.1. The van der Waals surface area contributed by atoms with Crippen LogP contribution in [0.4, 0.5) is 0 Å². The zero-order chi connectivity index (χ0) is 11.9. The second-order valence-electron chi connectivity index (χ2n) is 4.91. The average Bonchev–Trinajstić information content (AvgIpc) is 2.64. The lowest BCUT2D eigenvalue weighted by molar-refractivity contribution is -0.138. The summed E-state index contributed by atoms with van der Waals surface area (Å²) in [6.45, 7) is 1.86. The molecular weight excluding hydrogens is 204 g/mol. The van der Waals surface area contributed by atoms with Crippen molar-refractivity contribution in [2.24, 2.45) is 5.41 Å². The summed E-state index contributed by atoms with van der Waals surface area (Å²) < 4.78 is 0. The van der Waals surface area contributed by atoms with Crippen molar-refractivity contribution >= 4 is 11.7 Å². The van der Waals surface area contributed by atoms with Crippen LogP contribution >= 0.6 is 0 Å². The van der Waals surface area contributed by atoms with Crippen LogP contribution in [0.5, 0.6) is 0 Å². The van der Waals surface area contributed by atoms with E-state index in [1.807, 2.05) is 6.92 Å². The first kappa shape index (κ1) is 10.9. The van der Waals surface area contributed by atoms with Gasteiger partial charge >= 0.3 is 0 Å². The van der Waals surface area contributed by atoms with Gasteiger partial charge in [-0.15, -0.1) is 0 Å². The molecule has 1 unspecified atom stereocenters. The van der Waals surface area contributed by atoms with Crippen molar-refractivity contribution in [1.82, 2.24) is 9.88 Å². The number of fused-ring (bicyclic) bond motifs is 1. The Morgan fingerprint density at radius 3 is 2.75 bits per heavy atom. The Bertz CT molecular complexity index is 448. The molecule has 4 nitrogen and oxygen atoms in total. The molecule has 0 spiro atoms. The van der Waals surface area contributed by atoms with Crippen LogP contribution in [0.1, 0.15) is 29.4 Å². The first-order valence-electron chi connectivity index (χ1n) is 5.35. The maximum absolute atomic E-state index is 12.1. The second-order valence-corrected chi connectivity index (χ2v) is 4.91. The molecule has 1 aliphatic carbocycles. The number of Topliss-reactive ketones (excluding diaryl/α,β-unsaturated/α-hetero) is 1. The van der Waals surface area contributed by atoms with Gasteiger partial charge in [-0.25, -0.2) is 0 Å². The van der Waals surface area contributed by atoms with Crippen LogP contribution in [0, 0.1) is 5.41 Å². The molecule has 1 aromatic heterocycles. The molecule has 0 aromatic carbocycles. The number of aromatic amines is 1. The second kappa shape index (κ2) is 3.47. The van der Waals surface area contributed by atoms with Crippen LogP contribution in [0.25, 0.3) is 0 Å². The molecule has 1 aromatic rings. The lowest BCUT2D eigenvalue weighted by atomic mass is 9.73. The van der Waals surface area contributed by atoms with E-state index >= 15 is 0 Å². The fourth-order valence-corrected chi connectivity index (χ4v) is 2.40. The van der Waals surface area contributed by atoms with E-state index in [9.17, 15) is 9.59 Å². The van der Waals surface area contributed by atoms with Gasteiger partial charge in [-0.1, -0.05) is 0 Å². The lowest BCUT2D eigenvalue weighted by Crippen LogP contribution is -2.43. The van der Waals surface area contributed by atoms with Gasteiger partial charge in [0, 0.05) is 44.4 Å². The van der Waals surface area contributed by atoms with Crippen LogP contribution in [-0.4, -0.2) is 35.7 Å². The van der Waals surface area contributed by atoms with Crippen molar-refractivity contribution < 1.29 is 9.59 Å². The Labute approximate surface area is 94.6 Å². The molecule has 2 rings (SSSR count). The normalized spacial score (nSPS) is 24.1. The summed E-state index contributed by atoms with van der Waals surface area (Å²) in [6, 6.07) is 1.79. The van der Waals surface area contributed by atoms with Gasteiger partial charge in [0.2, 0.25) is 5.91 Å². The van der Waals surface area contributed by atoms with Gasteiger partial charge in [0.05, 0.1) is 5.41 Å². The summed E-state index contributed by atoms with van der Waals surface area (Å²) in [5.74, 6) is 0.0706. The van der Waals surface area contributed by atoms with Crippen LogP contribution < -0.4 is 0 Å². The lowest BCUT2D eigenvalue weighted by Gasteiger charge is -2.33. The Balaban J connectivity index is 2.36. The van der Waals surface area contributed by atoms with Crippen LogP contribution in [-0.2, 0) is 11.2 Å². The maximum Gasteiger partial charge on any atom is 0.228 e. The van der Waals surface area contributed by atoms with Crippen LogP contribution in [0.15, 0.2) is 12.3 Å². The number of nitrogens with one attached hydrogen (secondary N) is 1. The summed E-state index contributed by atoms with van der Waals surface area (Å²) in [7, 11) is 3.45. The predicted octanol–water partition coefficient (Wildman–Crippen LogP) is 1.24. The summed E-state index contributed by atoms with van der Waals surface area (Å²) in [5.41, 5.74) is 1.02. The van der Waals surface area contributed by atoms with Gasteiger partial charge in [0.25, 0.3) is 0 Å². The minimum absolute atomic E-state index is 0.0149. The first-order chi connectivity index (χ1) is 7.44. The number of carbonyl (C=O) groups excluding carboxylic acids is 2. The summed E-state index contributed by atoms with van der Waals surface area (Å²) >= 11 is 0. The smallest absolute Gasteiger partial charge is 0.228 e. The molecule has 16 heavy (non-hydrogen) atoms. The molecule has 1 aliphatic rings. The van der Waals surface area contributed by atoms with E-state index in [-0.39, 0.29) is 11.7 Å². The molecular formula is C12H16N2O2. The minimum atomic E-state index is -0.599. The van der Waals surface area contributed by atoms with Gasteiger partial charge < -0.3 is 9.88 Å². The molecule has 1 N–H and O–H groups in total. The Kier molecular flexibility index (Phi) is 2.37. The molecule has 0 saturated heterocycles. The fraction of sp³-hybridized carbons (Fsp3) is 0.500. The monoisotopic (exact) mass is 220 g/mol. The third-order valence-corrected chi connectivity index (χ3v) is 3.17. The molecule has 0 bridgehead atoms. The van der Waals surface area contributed by atoms with Crippen LogP contribution in [0.3, 0.4) is 0 Å². The van der Waals surface area contributed by atoms with Crippen molar-refractivity contribution in [3.63, 3.8) is 0 Å². The van der Waals surface area contributed by atoms with E-state index in [0.29, 0.717) is 12.8 Å². The quantitative estimate of drug-likeness (QED) is 0.774. The van der Waals surface area contributed by atoms with E-state index in [1.165, 1.54) is 0 Å². The third-order valence-electron chi connectivity index (χ3n) is 3.17. The summed E-state index contributed by atoms with van der Waals surface area (Å²) in [6.07, 6.45) is 2.67. The number of hydrogen-bond donors (Lipinski definition) is 1. The molecule has 0 fully saturated rings. The molecule has 0 radical (unpaired) electrons. The predicted molar refractivity (Wildman–Crippen MR) is 60.2 cm³/mol. The highest BCUT2D eigenvalue weighted by molar-refractivity contribution is 6.02.